The minimum absolute atomic E-state index is 0.545. The maximum atomic E-state index is 4.39. The molecule has 0 saturated heterocycles. The number of benzene rings is 2. The second-order valence-electron chi connectivity index (χ2n) is 8.30. The van der Waals surface area contributed by atoms with Gasteiger partial charge in [0.2, 0.25) is 0 Å². The number of allylic oxidation sites excluding steroid dienone is 1. The zero-order chi connectivity index (χ0) is 19.1. The maximum Gasteiger partial charge on any atom is 0.0631 e. The molecule has 1 atom stereocenters. The highest BCUT2D eigenvalue weighted by molar-refractivity contribution is 5.78. The van der Waals surface area contributed by atoms with E-state index in [9.17, 15) is 0 Å². The lowest BCUT2D eigenvalue weighted by Gasteiger charge is -2.31. The Hall–Kier alpha value is -2.74. The average molecular weight is 367 g/mol. The zero-order valence-corrected chi connectivity index (χ0v) is 16.7. The molecule has 5 rings (SSSR count). The summed E-state index contributed by atoms with van der Waals surface area (Å²) in [6.45, 7) is 4.19. The lowest BCUT2D eigenvalue weighted by atomic mass is 9.73. The number of hydrogen-bond acceptors (Lipinski definition) is 2. The van der Waals surface area contributed by atoms with E-state index in [1.54, 1.807) is 11.1 Å². The van der Waals surface area contributed by atoms with Crippen molar-refractivity contribution in [3.8, 4) is 11.1 Å². The number of hydrogen-bond donors (Lipinski definition) is 0. The van der Waals surface area contributed by atoms with E-state index >= 15 is 0 Å². The summed E-state index contributed by atoms with van der Waals surface area (Å²) in [7, 11) is 0. The van der Waals surface area contributed by atoms with E-state index in [1.807, 2.05) is 6.92 Å². The molecule has 1 aromatic heterocycles. The van der Waals surface area contributed by atoms with Crippen LogP contribution < -0.4 is 0 Å². The molecule has 0 fully saturated rings. The lowest BCUT2D eigenvalue weighted by Crippen LogP contribution is -2.16. The molecule has 0 N–H and O–H groups in total. The highest BCUT2D eigenvalue weighted by Crippen LogP contribution is 2.44. The SMILES string of the molecule is Cc1ccc2c(c1)-c1ccc3c(c1CC2CCc1ccc(C)nn1)CCC=C3. The van der Waals surface area contributed by atoms with Crippen LogP contribution in [0, 0.1) is 13.8 Å². The van der Waals surface area contributed by atoms with Gasteiger partial charge in [-0.25, -0.2) is 0 Å². The van der Waals surface area contributed by atoms with Gasteiger partial charge in [-0.1, -0.05) is 48.0 Å². The highest BCUT2D eigenvalue weighted by atomic mass is 15.1. The molecule has 0 bridgehead atoms. The second kappa shape index (κ2) is 7.01. The largest absolute Gasteiger partial charge is 0.156 e. The van der Waals surface area contributed by atoms with E-state index in [0.29, 0.717) is 5.92 Å². The van der Waals surface area contributed by atoms with Crippen molar-refractivity contribution >= 4 is 6.08 Å². The molecule has 1 heterocycles. The fourth-order valence-electron chi connectivity index (χ4n) is 4.84. The molecule has 2 heteroatoms. The monoisotopic (exact) mass is 366 g/mol. The Morgan fingerprint density at radius 1 is 0.929 bits per heavy atom. The van der Waals surface area contributed by atoms with Crippen LogP contribution in [0.2, 0.25) is 0 Å². The molecule has 2 nitrogen and oxygen atoms in total. The molecule has 3 aromatic rings. The topological polar surface area (TPSA) is 25.8 Å². The van der Waals surface area contributed by atoms with Crippen LogP contribution in [0.4, 0.5) is 0 Å². The van der Waals surface area contributed by atoms with E-state index in [2.05, 4.69) is 71.7 Å². The number of aryl methyl sites for hydroxylation is 3. The van der Waals surface area contributed by atoms with Crippen LogP contribution in [-0.2, 0) is 19.3 Å². The van der Waals surface area contributed by atoms with E-state index in [4.69, 9.17) is 0 Å². The zero-order valence-electron chi connectivity index (χ0n) is 16.7. The second-order valence-corrected chi connectivity index (χ2v) is 8.30. The normalized spacial score (nSPS) is 17.0. The van der Waals surface area contributed by atoms with Gasteiger partial charge in [0.05, 0.1) is 11.4 Å². The van der Waals surface area contributed by atoms with Crippen molar-refractivity contribution in [2.24, 2.45) is 0 Å². The van der Waals surface area contributed by atoms with Crippen molar-refractivity contribution in [2.75, 3.05) is 0 Å². The minimum atomic E-state index is 0.545. The van der Waals surface area contributed by atoms with Crippen molar-refractivity contribution in [1.29, 1.82) is 0 Å². The Kier molecular flexibility index (Phi) is 4.35. The van der Waals surface area contributed by atoms with Gasteiger partial charge in [-0.05, 0) is 97.4 Å². The summed E-state index contributed by atoms with van der Waals surface area (Å²) < 4.78 is 0. The number of fused-ring (bicyclic) bond motifs is 5. The summed E-state index contributed by atoms with van der Waals surface area (Å²) in [6, 6.07) is 15.9. The first-order valence-electron chi connectivity index (χ1n) is 10.4. The average Bonchev–Trinajstić information content (AvgIpc) is 2.72. The van der Waals surface area contributed by atoms with Crippen molar-refractivity contribution in [3.63, 3.8) is 0 Å². The Bertz CT molecular complexity index is 1060. The molecule has 2 aromatic carbocycles. The molecule has 28 heavy (non-hydrogen) atoms. The van der Waals surface area contributed by atoms with E-state index < -0.39 is 0 Å². The third-order valence-electron chi connectivity index (χ3n) is 6.32. The van der Waals surface area contributed by atoms with Crippen LogP contribution in [0.25, 0.3) is 17.2 Å². The molecule has 0 saturated carbocycles. The lowest BCUT2D eigenvalue weighted by molar-refractivity contribution is 0.603. The predicted octanol–water partition coefficient (Wildman–Crippen LogP) is 5.99. The standard InChI is InChI=1S/C26H26N2/c1-17-7-13-23-20(9-12-21-11-8-18(2)27-28-21)16-26-22-6-4-3-5-19(22)10-14-24(26)25(23)15-17/h3,5,7-8,10-11,13-15,20H,4,6,9,12,16H2,1-2H3. The molecule has 0 radical (unpaired) electrons. The Morgan fingerprint density at radius 3 is 2.71 bits per heavy atom. The fraction of sp³-hybridized carbons (Fsp3) is 0.308. The molecule has 2 aliphatic carbocycles. The molecule has 0 amide bonds. The summed E-state index contributed by atoms with van der Waals surface area (Å²) in [5.41, 5.74) is 12.4. The van der Waals surface area contributed by atoms with Gasteiger partial charge in [-0.15, -0.1) is 0 Å². The highest BCUT2D eigenvalue weighted by Gasteiger charge is 2.27. The first-order valence-corrected chi connectivity index (χ1v) is 10.4. The summed E-state index contributed by atoms with van der Waals surface area (Å²) in [5, 5.41) is 8.62. The minimum Gasteiger partial charge on any atom is -0.156 e. The van der Waals surface area contributed by atoms with Gasteiger partial charge in [-0.3, -0.25) is 0 Å². The molecule has 0 spiro atoms. The molecule has 1 unspecified atom stereocenters. The molecule has 140 valence electrons. The smallest absolute Gasteiger partial charge is 0.0631 e. The van der Waals surface area contributed by atoms with Crippen LogP contribution in [0.15, 0.2) is 48.5 Å². The van der Waals surface area contributed by atoms with Gasteiger partial charge in [0.15, 0.2) is 0 Å². The fourth-order valence-corrected chi connectivity index (χ4v) is 4.84. The number of aromatic nitrogens is 2. The molecule has 2 aliphatic rings. The Balaban J connectivity index is 1.54. The summed E-state index contributed by atoms with van der Waals surface area (Å²) in [4.78, 5) is 0. The van der Waals surface area contributed by atoms with Crippen LogP contribution in [0.3, 0.4) is 0 Å². The van der Waals surface area contributed by atoms with Gasteiger partial charge in [0.25, 0.3) is 0 Å². The molecular formula is C26H26N2. The van der Waals surface area contributed by atoms with Gasteiger partial charge in [-0.2, -0.15) is 10.2 Å². The van der Waals surface area contributed by atoms with Crippen molar-refractivity contribution in [2.45, 2.75) is 51.9 Å². The van der Waals surface area contributed by atoms with Crippen molar-refractivity contribution in [1.82, 2.24) is 10.2 Å². The van der Waals surface area contributed by atoms with Crippen molar-refractivity contribution in [3.05, 3.63) is 87.7 Å². The van der Waals surface area contributed by atoms with E-state index in [-0.39, 0.29) is 0 Å². The first-order chi connectivity index (χ1) is 13.7. The third kappa shape index (κ3) is 3.07. The van der Waals surface area contributed by atoms with Gasteiger partial charge >= 0.3 is 0 Å². The van der Waals surface area contributed by atoms with Crippen LogP contribution in [0.5, 0.6) is 0 Å². The Morgan fingerprint density at radius 2 is 1.86 bits per heavy atom. The molecule has 0 aliphatic heterocycles. The van der Waals surface area contributed by atoms with Crippen LogP contribution in [-0.4, -0.2) is 10.2 Å². The number of nitrogens with zero attached hydrogens (tertiary/aromatic N) is 2. The van der Waals surface area contributed by atoms with Crippen LogP contribution >= 0.6 is 0 Å². The summed E-state index contributed by atoms with van der Waals surface area (Å²) in [6.07, 6.45) is 10.2. The first kappa shape index (κ1) is 17.4. The summed E-state index contributed by atoms with van der Waals surface area (Å²) >= 11 is 0. The third-order valence-corrected chi connectivity index (χ3v) is 6.32. The number of rotatable bonds is 3. The van der Waals surface area contributed by atoms with Gasteiger partial charge in [0.1, 0.15) is 0 Å². The van der Waals surface area contributed by atoms with Crippen molar-refractivity contribution < 1.29 is 0 Å². The van der Waals surface area contributed by atoms with E-state index in [0.717, 1.165) is 37.1 Å². The quantitative estimate of drug-likeness (QED) is 0.569. The Labute approximate surface area is 167 Å². The predicted molar refractivity (Wildman–Crippen MR) is 116 cm³/mol. The van der Waals surface area contributed by atoms with Gasteiger partial charge in [0, 0.05) is 0 Å². The maximum absolute atomic E-state index is 4.39. The van der Waals surface area contributed by atoms with Crippen LogP contribution in [0.1, 0.15) is 58.0 Å². The molecular weight excluding hydrogens is 340 g/mol. The van der Waals surface area contributed by atoms with E-state index in [1.165, 1.54) is 34.2 Å². The van der Waals surface area contributed by atoms with Gasteiger partial charge < -0.3 is 0 Å². The summed E-state index contributed by atoms with van der Waals surface area (Å²) in [5.74, 6) is 0.545.